The van der Waals surface area contributed by atoms with Crippen molar-refractivity contribution in [1.82, 2.24) is 10.3 Å². The van der Waals surface area contributed by atoms with Crippen molar-refractivity contribution in [3.8, 4) is 17.2 Å². The number of nitrogens with one attached hydrogen (secondary N) is 2. The Hall–Kier alpha value is -3.74. The van der Waals surface area contributed by atoms with Gasteiger partial charge in [-0.2, -0.15) is 0 Å². The molecule has 150 valence electrons. The molecule has 29 heavy (non-hydrogen) atoms. The number of rotatable bonds is 8. The number of hydrogen-bond donors (Lipinski definition) is 2. The zero-order chi connectivity index (χ0) is 20.6. The quantitative estimate of drug-likeness (QED) is 0.606. The monoisotopic (exact) mass is 393 g/mol. The average molecular weight is 393 g/mol. The molecule has 0 atom stereocenters. The van der Waals surface area contributed by atoms with Crippen LogP contribution in [0.5, 0.6) is 17.2 Å². The van der Waals surface area contributed by atoms with Crippen molar-refractivity contribution >= 4 is 17.3 Å². The van der Waals surface area contributed by atoms with E-state index >= 15 is 0 Å². The third-order valence-corrected chi connectivity index (χ3v) is 4.28. The lowest BCUT2D eigenvalue weighted by Crippen LogP contribution is -2.23. The molecule has 0 saturated carbocycles. The highest BCUT2D eigenvalue weighted by molar-refractivity contribution is 5.92. The second-order valence-corrected chi connectivity index (χ2v) is 6.16. The molecule has 0 fully saturated rings. The van der Waals surface area contributed by atoms with E-state index in [1.807, 2.05) is 42.5 Å². The van der Waals surface area contributed by atoms with E-state index in [0.717, 1.165) is 22.7 Å². The van der Waals surface area contributed by atoms with E-state index in [4.69, 9.17) is 14.2 Å². The molecule has 0 aliphatic carbocycles. The molecule has 3 aromatic rings. The fourth-order valence-electron chi connectivity index (χ4n) is 2.70. The van der Waals surface area contributed by atoms with Gasteiger partial charge < -0.3 is 24.8 Å². The summed E-state index contributed by atoms with van der Waals surface area (Å²) in [5.41, 5.74) is 2.90. The van der Waals surface area contributed by atoms with Crippen LogP contribution >= 0.6 is 0 Å². The second-order valence-electron chi connectivity index (χ2n) is 6.16. The van der Waals surface area contributed by atoms with Gasteiger partial charge in [-0.25, -0.2) is 4.98 Å². The lowest BCUT2D eigenvalue weighted by Gasteiger charge is -2.11. The predicted molar refractivity (Wildman–Crippen MR) is 111 cm³/mol. The zero-order valence-electron chi connectivity index (χ0n) is 16.6. The highest BCUT2D eigenvalue weighted by Crippen LogP contribution is 2.31. The maximum atomic E-state index is 12.3. The number of nitrogens with zero attached hydrogens (tertiary/aromatic N) is 1. The highest BCUT2D eigenvalue weighted by atomic mass is 16.5. The number of ether oxygens (including phenoxy) is 3. The van der Waals surface area contributed by atoms with Gasteiger partial charge in [0.1, 0.15) is 11.4 Å². The van der Waals surface area contributed by atoms with E-state index in [9.17, 15) is 4.79 Å². The number of carbonyl (C=O) groups excluding carboxylic acids is 1. The van der Waals surface area contributed by atoms with Gasteiger partial charge in [0.25, 0.3) is 5.91 Å². The molecule has 0 unspecified atom stereocenters. The summed E-state index contributed by atoms with van der Waals surface area (Å²) in [6.45, 7) is 0.413. The van der Waals surface area contributed by atoms with Crippen molar-refractivity contribution in [3.63, 3.8) is 0 Å². The Kier molecular flexibility index (Phi) is 6.52. The number of hydrogen-bond acceptors (Lipinski definition) is 6. The van der Waals surface area contributed by atoms with E-state index in [1.165, 1.54) is 0 Å². The van der Waals surface area contributed by atoms with Gasteiger partial charge in [0, 0.05) is 18.3 Å². The summed E-state index contributed by atoms with van der Waals surface area (Å²) in [6.07, 6.45) is 1.61. The van der Waals surface area contributed by atoms with Crippen molar-refractivity contribution in [1.29, 1.82) is 0 Å². The number of amides is 1. The Morgan fingerprint density at radius 1 is 0.862 bits per heavy atom. The lowest BCUT2D eigenvalue weighted by atomic mass is 10.2. The summed E-state index contributed by atoms with van der Waals surface area (Å²) in [4.78, 5) is 16.6. The first-order chi connectivity index (χ1) is 14.1. The molecule has 0 radical (unpaired) electrons. The Labute approximate surface area is 169 Å². The molecule has 2 aromatic carbocycles. The lowest BCUT2D eigenvalue weighted by molar-refractivity contribution is 0.0946. The molecule has 0 aliphatic heterocycles. The summed E-state index contributed by atoms with van der Waals surface area (Å²) in [5, 5.41) is 6.08. The first-order valence-corrected chi connectivity index (χ1v) is 8.99. The first kappa shape index (κ1) is 20.0. The smallest absolute Gasteiger partial charge is 0.270 e. The van der Waals surface area contributed by atoms with Crippen LogP contribution in [-0.4, -0.2) is 32.2 Å². The minimum Gasteiger partial charge on any atom is -0.497 e. The molecule has 1 aromatic heterocycles. The van der Waals surface area contributed by atoms with E-state index < -0.39 is 0 Å². The summed E-state index contributed by atoms with van der Waals surface area (Å²) < 4.78 is 15.7. The van der Waals surface area contributed by atoms with Crippen molar-refractivity contribution in [2.75, 3.05) is 26.6 Å². The van der Waals surface area contributed by atoms with E-state index in [0.29, 0.717) is 23.7 Å². The number of aromatic nitrogens is 1. The maximum absolute atomic E-state index is 12.3. The summed E-state index contributed by atoms with van der Waals surface area (Å²) >= 11 is 0. The topological polar surface area (TPSA) is 81.7 Å². The molecule has 0 aliphatic rings. The van der Waals surface area contributed by atoms with Crippen LogP contribution in [-0.2, 0) is 6.54 Å². The third-order valence-electron chi connectivity index (χ3n) is 4.28. The minimum absolute atomic E-state index is 0.238. The van der Waals surface area contributed by atoms with Crippen molar-refractivity contribution < 1.29 is 19.0 Å². The van der Waals surface area contributed by atoms with Gasteiger partial charge in [-0.1, -0.05) is 12.1 Å². The normalized spacial score (nSPS) is 10.2. The fraction of sp³-hybridized carbons (Fsp3) is 0.182. The molecular weight excluding hydrogens is 370 g/mol. The summed E-state index contributed by atoms with van der Waals surface area (Å²) in [6, 6.07) is 16.5. The molecule has 0 saturated heterocycles. The van der Waals surface area contributed by atoms with Crippen LogP contribution in [0.1, 0.15) is 16.1 Å². The number of pyridine rings is 1. The Bertz CT molecular complexity index is 957. The van der Waals surface area contributed by atoms with Gasteiger partial charge in [0.15, 0.2) is 11.5 Å². The molecule has 1 heterocycles. The molecule has 1 amide bonds. The predicted octanol–water partition coefficient (Wildman–Crippen LogP) is 3.78. The van der Waals surface area contributed by atoms with Crippen LogP contribution in [0, 0.1) is 0 Å². The number of carbonyl (C=O) groups is 1. The minimum atomic E-state index is -0.238. The molecule has 0 spiro atoms. The number of benzene rings is 2. The Morgan fingerprint density at radius 2 is 1.59 bits per heavy atom. The highest BCUT2D eigenvalue weighted by Gasteiger charge is 2.08. The zero-order valence-corrected chi connectivity index (χ0v) is 16.6. The average Bonchev–Trinajstić information content (AvgIpc) is 2.78. The largest absolute Gasteiger partial charge is 0.497 e. The standard InChI is InChI=1S/C22H23N3O4/c1-27-18-8-4-15(5-9-18)13-24-22(26)19-10-6-17(14-23-19)25-16-7-11-20(28-2)21(12-16)29-3/h4-12,14,25H,13H2,1-3H3,(H,24,26). The third kappa shape index (κ3) is 5.16. The number of methoxy groups -OCH3 is 3. The number of anilines is 2. The Balaban J connectivity index is 1.59. The van der Waals surface area contributed by atoms with Gasteiger partial charge in [0.2, 0.25) is 0 Å². The SMILES string of the molecule is COc1ccc(CNC(=O)c2ccc(Nc3ccc(OC)c(OC)c3)cn2)cc1. The Morgan fingerprint density at radius 3 is 2.21 bits per heavy atom. The van der Waals surface area contributed by atoms with E-state index in [1.54, 1.807) is 39.7 Å². The van der Waals surface area contributed by atoms with Crippen LogP contribution < -0.4 is 24.8 Å². The molecule has 3 rings (SSSR count). The van der Waals surface area contributed by atoms with Crippen LogP contribution in [0.15, 0.2) is 60.8 Å². The van der Waals surface area contributed by atoms with E-state index in [2.05, 4.69) is 15.6 Å². The fourth-order valence-corrected chi connectivity index (χ4v) is 2.70. The van der Waals surface area contributed by atoms with Crippen molar-refractivity contribution in [2.45, 2.75) is 6.54 Å². The van der Waals surface area contributed by atoms with Gasteiger partial charge in [-0.15, -0.1) is 0 Å². The van der Waals surface area contributed by atoms with E-state index in [-0.39, 0.29) is 5.91 Å². The summed E-state index contributed by atoms with van der Waals surface area (Å²) in [7, 11) is 4.79. The molecule has 7 heteroatoms. The van der Waals surface area contributed by atoms with Gasteiger partial charge >= 0.3 is 0 Å². The maximum Gasteiger partial charge on any atom is 0.270 e. The molecule has 7 nitrogen and oxygen atoms in total. The van der Waals surface area contributed by atoms with Crippen LogP contribution in [0.25, 0.3) is 0 Å². The van der Waals surface area contributed by atoms with Crippen molar-refractivity contribution in [2.24, 2.45) is 0 Å². The van der Waals surface area contributed by atoms with Crippen LogP contribution in [0.4, 0.5) is 11.4 Å². The second kappa shape index (κ2) is 9.45. The molecule has 0 bridgehead atoms. The van der Waals surface area contributed by atoms with Crippen LogP contribution in [0.2, 0.25) is 0 Å². The molecular formula is C22H23N3O4. The van der Waals surface area contributed by atoms with Gasteiger partial charge in [-0.05, 0) is 42.0 Å². The van der Waals surface area contributed by atoms with Gasteiger partial charge in [-0.3, -0.25) is 4.79 Å². The van der Waals surface area contributed by atoms with Gasteiger partial charge in [0.05, 0.1) is 33.2 Å². The van der Waals surface area contributed by atoms with Crippen molar-refractivity contribution in [3.05, 3.63) is 72.1 Å². The summed E-state index contributed by atoms with van der Waals surface area (Å²) in [5.74, 6) is 1.82. The van der Waals surface area contributed by atoms with Crippen LogP contribution in [0.3, 0.4) is 0 Å². The molecule has 2 N–H and O–H groups in total. The first-order valence-electron chi connectivity index (χ1n) is 8.99.